The van der Waals surface area contributed by atoms with Crippen molar-refractivity contribution in [2.24, 2.45) is 5.92 Å². The first-order valence-electron chi connectivity index (χ1n) is 9.27. The fraction of sp³-hybridized carbons (Fsp3) is 0.600. The number of carbonyl (C=O) groups is 2. The van der Waals surface area contributed by atoms with E-state index in [2.05, 4.69) is 0 Å². The number of benzene rings is 1. The van der Waals surface area contributed by atoms with Crippen molar-refractivity contribution in [1.82, 2.24) is 4.90 Å². The van der Waals surface area contributed by atoms with Gasteiger partial charge in [0.1, 0.15) is 5.75 Å². The summed E-state index contributed by atoms with van der Waals surface area (Å²) in [6, 6.07) is 7.09. The van der Waals surface area contributed by atoms with Crippen molar-refractivity contribution in [2.45, 2.75) is 51.5 Å². The van der Waals surface area contributed by atoms with Crippen LogP contribution in [0.1, 0.15) is 45.4 Å². The Hall–Kier alpha value is -1.75. The lowest BCUT2D eigenvalue weighted by Gasteiger charge is -2.32. The van der Waals surface area contributed by atoms with Crippen LogP contribution in [0.3, 0.4) is 0 Å². The van der Waals surface area contributed by atoms with Crippen molar-refractivity contribution >= 4 is 23.5 Å². The van der Waals surface area contributed by atoms with E-state index in [1.807, 2.05) is 4.90 Å². The zero-order chi connectivity index (χ0) is 18.9. The molecule has 6 heteroatoms. The van der Waals surface area contributed by atoms with E-state index in [-0.39, 0.29) is 30.4 Å². The van der Waals surface area contributed by atoms with Crippen molar-refractivity contribution in [3.05, 3.63) is 29.3 Å². The van der Waals surface area contributed by atoms with Gasteiger partial charge in [-0.2, -0.15) is 0 Å². The molecule has 144 valence electrons. The molecule has 5 nitrogen and oxygen atoms in total. The topological polar surface area (TPSA) is 55.8 Å². The molecule has 0 spiro atoms. The summed E-state index contributed by atoms with van der Waals surface area (Å²) in [5, 5.41) is 0.621. The molecule has 1 saturated carbocycles. The Labute approximate surface area is 160 Å². The smallest absolute Gasteiger partial charge is 0.310 e. The van der Waals surface area contributed by atoms with Crippen molar-refractivity contribution in [3.63, 3.8) is 0 Å². The van der Waals surface area contributed by atoms with Crippen LogP contribution in [-0.4, -0.2) is 43.1 Å². The number of ether oxygens (including phenoxy) is 2. The Bertz CT molecular complexity index is 582. The minimum Gasteiger partial charge on any atom is -0.484 e. The van der Waals surface area contributed by atoms with Crippen LogP contribution in [0.25, 0.3) is 0 Å². The molecule has 1 unspecified atom stereocenters. The minimum absolute atomic E-state index is 0.0496. The molecule has 2 rings (SSSR count). The number of halogens is 1. The second-order valence-electron chi connectivity index (χ2n) is 6.86. The first-order chi connectivity index (χ1) is 12.5. The standard InChI is InChI=1S/C20H28ClNO4/c1-15(20(24)25-2)13-22(17-7-5-3-4-6-8-17)19(23)14-26-18-11-9-16(21)10-12-18/h9-12,15,17H,3-8,13-14H2,1-2H3. The first-order valence-corrected chi connectivity index (χ1v) is 9.64. The molecule has 1 fully saturated rings. The molecule has 26 heavy (non-hydrogen) atoms. The zero-order valence-electron chi connectivity index (χ0n) is 15.6. The number of methoxy groups -OCH3 is 1. The first kappa shape index (κ1) is 20.6. The van der Waals surface area contributed by atoms with E-state index < -0.39 is 0 Å². The summed E-state index contributed by atoms with van der Waals surface area (Å²) in [5.74, 6) is -0.148. The summed E-state index contributed by atoms with van der Waals surface area (Å²) in [5.41, 5.74) is 0. The Morgan fingerprint density at radius 3 is 2.35 bits per heavy atom. The zero-order valence-corrected chi connectivity index (χ0v) is 16.3. The molecule has 0 aromatic heterocycles. The molecule has 1 aliphatic carbocycles. The lowest BCUT2D eigenvalue weighted by Crippen LogP contribution is -2.46. The van der Waals surface area contributed by atoms with Crippen LogP contribution in [0.4, 0.5) is 0 Å². The van der Waals surface area contributed by atoms with Gasteiger partial charge in [-0.25, -0.2) is 0 Å². The molecule has 1 aliphatic rings. The van der Waals surface area contributed by atoms with Crippen LogP contribution >= 0.6 is 11.6 Å². The molecule has 0 bridgehead atoms. The number of hydrogen-bond donors (Lipinski definition) is 0. The lowest BCUT2D eigenvalue weighted by molar-refractivity contribution is -0.147. The summed E-state index contributed by atoms with van der Waals surface area (Å²) >= 11 is 5.87. The van der Waals surface area contributed by atoms with Crippen LogP contribution < -0.4 is 4.74 Å². The van der Waals surface area contributed by atoms with E-state index in [9.17, 15) is 9.59 Å². The number of carbonyl (C=O) groups excluding carboxylic acids is 2. The van der Waals surface area contributed by atoms with Gasteiger partial charge in [-0.1, -0.05) is 44.2 Å². The van der Waals surface area contributed by atoms with Crippen LogP contribution in [0.2, 0.25) is 5.02 Å². The quantitative estimate of drug-likeness (QED) is 0.527. The van der Waals surface area contributed by atoms with Crippen molar-refractivity contribution in [3.8, 4) is 5.75 Å². The van der Waals surface area contributed by atoms with Crippen LogP contribution in [0, 0.1) is 5.92 Å². The molecule has 1 amide bonds. The average Bonchev–Trinajstić information content (AvgIpc) is 2.93. The van der Waals surface area contributed by atoms with E-state index in [0.29, 0.717) is 17.3 Å². The van der Waals surface area contributed by atoms with E-state index in [0.717, 1.165) is 25.7 Å². The minimum atomic E-state index is -0.359. The third kappa shape index (κ3) is 6.20. The second kappa shape index (κ2) is 10.4. The van der Waals surface area contributed by atoms with Crippen molar-refractivity contribution in [2.75, 3.05) is 20.3 Å². The van der Waals surface area contributed by atoms with E-state index in [1.165, 1.54) is 20.0 Å². The molecular formula is C20H28ClNO4. The largest absolute Gasteiger partial charge is 0.484 e. The van der Waals surface area contributed by atoms with Gasteiger partial charge in [0.2, 0.25) is 0 Å². The molecule has 1 aromatic rings. The molecule has 0 heterocycles. The summed E-state index contributed by atoms with van der Waals surface area (Å²) in [4.78, 5) is 26.5. The van der Waals surface area contributed by atoms with Gasteiger partial charge in [-0.05, 0) is 37.1 Å². The number of esters is 1. The third-order valence-electron chi connectivity index (χ3n) is 4.84. The number of nitrogens with zero attached hydrogens (tertiary/aromatic N) is 1. The number of hydrogen-bond acceptors (Lipinski definition) is 4. The highest BCUT2D eigenvalue weighted by Crippen LogP contribution is 2.23. The van der Waals surface area contributed by atoms with Gasteiger partial charge in [0, 0.05) is 17.6 Å². The maximum Gasteiger partial charge on any atom is 0.310 e. The van der Waals surface area contributed by atoms with Gasteiger partial charge in [-0.15, -0.1) is 0 Å². The molecule has 1 atom stereocenters. The fourth-order valence-corrected chi connectivity index (χ4v) is 3.48. The monoisotopic (exact) mass is 381 g/mol. The van der Waals surface area contributed by atoms with Gasteiger partial charge >= 0.3 is 5.97 Å². The summed E-state index contributed by atoms with van der Waals surface area (Å²) in [6.45, 7) is 2.11. The van der Waals surface area contributed by atoms with Gasteiger partial charge < -0.3 is 14.4 Å². The maximum absolute atomic E-state index is 12.9. The normalized spacial score (nSPS) is 16.4. The maximum atomic E-state index is 12.9. The highest BCUT2D eigenvalue weighted by atomic mass is 35.5. The summed E-state index contributed by atoms with van der Waals surface area (Å²) < 4.78 is 10.5. The van der Waals surface area contributed by atoms with E-state index in [1.54, 1.807) is 31.2 Å². The van der Waals surface area contributed by atoms with E-state index in [4.69, 9.17) is 21.1 Å². The molecule has 0 N–H and O–H groups in total. The molecular weight excluding hydrogens is 354 g/mol. The van der Waals surface area contributed by atoms with Gasteiger partial charge in [0.05, 0.1) is 13.0 Å². The Balaban J connectivity index is 2.03. The highest BCUT2D eigenvalue weighted by molar-refractivity contribution is 6.30. The number of amides is 1. The summed E-state index contributed by atoms with van der Waals surface area (Å²) in [6.07, 6.45) is 6.57. The van der Waals surface area contributed by atoms with Crippen molar-refractivity contribution < 1.29 is 19.1 Å². The molecule has 0 aliphatic heterocycles. The predicted molar refractivity (Wildman–Crippen MR) is 101 cm³/mol. The van der Waals surface area contributed by atoms with Gasteiger partial charge in [0.15, 0.2) is 6.61 Å². The van der Waals surface area contributed by atoms with Gasteiger partial charge in [0.25, 0.3) is 5.91 Å². The second-order valence-corrected chi connectivity index (χ2v) is 7.29. The summed E-state index contributed by atoms with van der Waals surface area (Å²) in [7, 11) is 1.38. The SMILES string of the molecule is COC(=O)C(C)CN(C(=O)COc1ccc(Cl)cc1)C1CCCCCC1. The number of rotatable bonds is 7. The van der Waals surface area contributed by atoms with E-state index >= 15 is 0 Å². The lowest BCUT2D eigenvalue weighted by atomic mass is 10.0. The van der Waals surface area contributed by atoms with Crippen LogP contribution in [0.5, 0.6) is 5.75 Å². The predicted octanol–water partition coefficient (Wildman–Crippen LogP) is 4.08. The molecule has 1 aromatic carbocycles. The molecule has 0 radical (unpaired) electrons. The Kier molecular flexibility index (Phi) is 8.23. The fourth-order valence-electron chi connectivity index (χ4n) is 3.35. The highest BCUT2D eigenvalue weighted by Gasteiger charge is 2.28. The van der Waals surface area contributed by atoms with Crippen molar-refractivity contribution in [1.29, 1.82) is 0 Å². The third-order valence-corrected chi connectivity index (χ3v) is 5.09. The Morgan fingerprint density at radius 2 is 1.77 bits per heavy atom. The molecule has 0 saturated heterocycles. The van der Waals surface area contributed by atoms with Crippen LogP contribution in [-0.2, 0) is 14.3 Å². The van der Waals surface area contributed by atoms with Crippen LogP contribution in [0.15, 0.2) is 24.3 Å². The Morgan fingerprint density at radius 1 is 1.15 bits per heavy atom. The average molecular weight is 382 g/mol. The van der Waals surface area contributed by atoms with Gasteiger partial charge in [-0.3, -0.25) is 9.59 Å².